The zero-order chi connectivity index (χ0) is 39.5. The van der Waals surface area contributed by atoms with Gasteiger partial charge in [-0.25, -0.2) is 0 Å². The molecule has 0 amide bonds. The van der Waals surface area contributed by atoms with Crippen LogP contribution < -0.4 is 5.46 Å². The van der Waals surface area contributed by atoms with E-state index in [0.717, 1.165) is 18.3 Å². The summed E-state index contributed by atoms with van der Waals surface area (Å²) >= 11 is 0. The van der Waals surface area contributed by atoms with Crippen molar-refractivity contribution in [3.63, 3.8) is 0 Å². The van der Waals surface area contributed by atoms with E-state index in [1.54, 1.807) is 11.1 Å². The molecule has 0 spiro atoms. The van der Waals surface area contributed by atoms with Crippen LogP contribution in [0.1, 0.15) is 157 Å². The molecular weight excluding hydrogens is 667 g/mol. The van der Waals surface area contributed by atoms with E-state index in [0.29, 0.717) is 23.7 Å². The fraction of sp³-hybridized carbons (Fsp3) is 0.538. The molecule has 0 saturated carbocycles. The minimum absolute atomic E-state index is 0.0473. The van der Waals surface area contributed by atoms with Crippen molar-refractivity contribution in [2.45, 2.75) is 156 Å². The molecule has 3 aliphatic rings. The van der Waals surface area contributed by atoms with Gasteiger partial charge in [-0.2, -0.15) is 0 Å². The predicted molar refractivity (Wildman–Crippen MR) is 236 cm³/mol. The van der Waals surface area contributed by atoms with Gasteiger partial charge in [-0.1, -0.05) is 122 Å². The highest BCUT2D eigenvalue weighted by molar-refractivity contribution is 6.62. The maximum absolute atomic E-state index is 6.64. The molecule has 1 fully saturated rings. The molecule has 2 aliphatic carbocycles. The van der Waals surface area contributed by atoms with Crippen LogP contribution in [-0.2, 0) is 20.1 Å². The third kappa shape index (κ3) is 7.20. The van der Waals surface area contributed by atoms with Gasteiger partial charge in [0.15, 0.2) is 0 Å². The second-order valence-electron chi connectivity index (χ2n) is 20.4. The SMILES string of the molecule is CC(C)CCC1(CCC(C)C)c2ccccc2-c2ccc(-c3ccc4c(c3)C(CCC(C)C)(CCC(C)C)c3cc(B5OC(C)(C)C(C)(C)O5)ccc3-4)cc21. The second-order valence-corrected chi connectivity index (χ2v) is 20.4. The van der Waals surface area contributed by atoms with Crippen LogP contribution in [-0.4, -0.2) is 18.3 Å². The van der Waals surface area contributed by atoms with Crippen LogP contribution in [0.3, 0.4) is 0 Å². The lowest BCUT2D eigenvalue weighted by Crippen LogP contribution is -2.41. The fourth-order valence-electron chi connectivity index (χ4n) is 9.92. The van der Waals surface area contributed by atoms with Gasteiger partial charge in [0.2, 0.25) is 0 Å². The van der Waals surface area contributed by atoms with Crippen LogP contribution >= 0.6 is 0 Å². The van der Waals surface area contributed by atoms with Gasteiger partial charge in [-0.3, -0.25) is 0 Å². The van der Waals surface area contributed by atoms with Gasteiger partial charge in [-0.15, -0.1) is 0 Å². The zero-order valence-corrected chi connectivity index (χ0v) is 36.4. The molecule has 0 aromatic heterocycles. The summed E-state index contributed by atoms with van der Waals surface area (Å²) in [5.74, 6) is 2.59. The molecule has 1 saturated heterocycles. The number of rotatable bonds is 14. The summed E-state index contributed by atoms with van der Waals surface area (Å²) in [6.07, 6.45) is 9.51. The third-order valence-corrected chi connectivity index (χ3v) is 14.1. The Morgan fingerprint density at radius 2 is 0.800 bits per heavy atom. The van der Waals surface area contributed by atoms with Crippen molar-refractivity contribution in [1.29, 1.82) is 0 Å². The Balaban J connectivity index is 1.37. The monoisotopic (exact) mass is 737 g/mol. The van der Waals surface area contributed by atoms with Gasteiger partial charge in [0, 0.05) is 10.8 Å². The summed E-state index contributed by atoms with van der Waals surface area (Å²) in [6, 6.07) is 31.4. The van der Waals surface area contributed by atoms with Crippen LogP contribution in [0.4, 0.5) is 0 Å². The van der Waals surface area contributed by atoms with Gasteiger partial charge < -0.3 is 9.31 Å². The van der Waals surface area contributed by atoms with Crippen molar-refractivity contribution in [2.24, 2.45) is 23.7 Å². The van der Waals surface area contributed by atoms with E-state index in [2.05, 4.69) is 162 Å². The maximum Gasteiger partial charge on any atom is 0.494 e. The minimum atomic E-state index is -0.376. The quantitative estimate of drug-likeness (QED) is 0.120. The minimum Gasteiger partial charge on any atom is -0.399 e. The summed E-state index contributed by atoms with van der Waals surface area (Å²) in [7, 11) is -0.371. The molecule has 3 heteroatoms. The summed E-state index contributed by atoms with van der Waals surface area (Å²) in [4.78, 5) is 0. The van der Waals surface area contributed by atoms with Gasteiger partial charge >= 0.3 is 7.12 Å². The van der Waals surface area contributed by atoms with Gasteiger partial charge in [0.25, 0.3) is 0 Å². The lowest BCUT2D eigenvalue weighted by atomic mass is 9.67. The van der Waals surface area contributed by atoms with E-state index < -0.39 is 0 Å². The van der Waals surface area contributed by atoms with Crippen molar-refractivity contribution < 1.29 is 9.31 Å². The van der Waals surface area contributed by atoms with Crippen molar-refractivity contribution in [3.8, 4) is 33.4 Å². The van der Waals surface area contributed by atoms with Crippen molar-refractivity contribution in [1.82, 2.24) is 0 Å². The lowest BCUT2D eigenvalue weighted by molar-refractivity contribution is 0.00578. The molecule has 0 N–H and O–H groups in total. The first-order valence-electron chi connectivity index (χ1n) is 21.9. The molecule has 4 aromatic carbocycles. The van der Waals surface area contributed by atoms with Crippen molar-refractivity contribution >= 4 is 12.6 Å². The Labute approximate surface area is 335 Å². The molecular formula is C52H69BO2. The highest BCUT2D eigenvalue weighted by Gasteiger charge is 2.53. The lowest BCUT2D eigenvalue weighted by Gasteiger charge is -2.35. The first-order valence-corrected chi connectivity index (χ1v) is 21.9. The molecule has 4 aromatic rings. The Hall–Kier alpha value is -3.14. The molecule has 0 radical (unpaired) electrons. The zero-order valence-electron chi connectivity index (χ0n) is 36.4. The first-order chi connectivity index (χ1) is 26.0. The number of benzene rings is 4. The highest BCUT2D eigenvalue weighted by Crippen LogP contribution is 2.57. The Bertz CT molecular complexity index is 1970. The maximum atomic E-state index is 6.64. The molecule has 1 aliphatic heterocycles. The number of hydrogen-bond donors (Lipinski definition) is 0. The molecule has 0 bridgehead atoms. The van der Waals surface area contributed by atoms with Crippen LogP contribution in [0.25, 0.3) is 33.4 Å². The van der Waals surface area contributed by atoms with Crippen LogP contribution in [0, 0.1) is 23.7 Å². The summed E-state index contributed by atoms with van der Waals surface area (Å²) in [5.41, 5.74) is 14.8. The van der Waals surface area contributed by atoms with E-state index in [9.17, 15) is 0 Å². The van der Waals surface area contributed by atoms with E-state index >= 15 is 0 Å². The standard InChI is InChI=1S/C52H69BO2/c1-34(2)23-27-51(28-24-35(3)4)45-16-14-13-15-41(45)42-20-17-38(31-46(42)51)39-18-21-43-44-22-19-40(53-54-49(9,10)50(11,12)55-53)33-48(44)52(47(43)32-39,29-25-36(5)6)30-26-37(7)8/h13-22,31-37H,23-30H2,1-12H3. The number of fused-ring (bicyclic) bond motifs is 6. The average molecular weight is 737 g/mol. The molecule has 2 nitrogen and oxygen atoms in total. The van der Waals surface area contributed by atoms with Crippen LogP contribution in [0.5, 0.6) is 0 Å². The Kier molecular flexibility index (Phi) is 10.9. The number of hydrogen-bond acceptors (Lipinski definition) is 2. The van der Waals surface area contributed by atoms with Gasteiger partial charge in [0.05, 0.1) is 11.2 Å². The van der Waals surface area contributed by atoms with Crippen molar-refractivity contribution in [3.05, 3.63) is 101 Å². The van der Waals surface area contributed by atoms with Crippen LogP contribution in [0.2, 0.25) is 0 Å². The van der Waals surface area contributed by atoms with E-state index in [-0.39, 0.29) is 29.2 Å². The summed E-state index contributed by atoms with van der Waals surface area (Å²) < 4.78 is 13.3. The molecule has 0 unspecified atom stereocenters. The largest absolute Gasteiger partial charge is 0.494 e. The summed E-state index contributed by atoms with van der Waals surface area (Å²) in [6.45, 7) is 27.7. The molecule has 55 heavy (non-hydrogen) atoms. The normalized spacial score (nSPS) is 18.4. The second kappa shape index (κ2) is 15.0. The molecule has 292 valence electrons. The van der Waals surface area contributed by atoms with E-state index in [4.69, 9.17) is 9.31 Å². The fourth-order valence-corrected chi connectivity index (χ4v) is 9.92. The Morgan fingerprint density at radius 1 is 0.436 bits per heavy atom. The van der Waals surface area contributed by atoms with Gasteiger partial charge in [0.1, 0.15) is 0 Å². The van der Waals surface area contributed by atoms with Crippen molar-refractivity contribution in [2.75, 3.05) is 0 Å². The first kappa shape index (κ1) is 40.1. The molecule has 7 rings (SSSR count). The Morgan fingerprint density at radius 3 is 1.24 bits per heavy atom. The molecule has 0 atom stereocenters. The van der Waals surface area contributed by atoms with Crippen LogP contribution in [0.15, 0.2) is 78.9 Å². The molecule has 1 heterocycles. The average Bonchev–Trinajstić information content (AvgIpc) is 3.66. The topological polar surface area (TPSA) is 18.5 Å². The van der Waals surface area contributed by atoms with Gasteiger partial charge in [-0.05, 0) is 176 Å². The highest BCUT2D eigenvalue weighted by atomic mass is 16.7. The van der Waals surface area contributed by atoms with E-state index in [1.807, 2.05) is 0 Å². The predicted octanol–water partition coefficient (Wildman–Crippen LogP) is 13.9. The van der Waals surface area contributed by atoms with E-state index in [1.165, 1.54) is 83.0 Å². The third-order valence-electron chi connectivity index (χ3n) is 14.1. The smallest absolute Gasteiger partial charge is 0.399 e. The summed E-state index contributed by atoms with van der Waals surface area (Å²) in [5, 5.41) is 0.